The summed E-state index contributed by atoms with van der Waals surface area (Å²) in [7, 11) is 0. The summed E-state index contributed by atoms with van der Waals surface area (Å²) in [4.78, 5) is 46.2. The smallest absolute Gasteiger partial charge is 0.355 e. The number of nitrogens with zero attached hydrogens (tertiary/aromatic N) is 2. The quantitative estimate of drug-likeness (QED) is 0.557. The highest BCUT2D eigenvalue weighted by Crippen LogP contribution is 2.22. The number of hydrogen-bond donors (Lipinski definition) is 1. The Morgan fingerprint density at radius 3 is 2.54 bits per heavy atom. The van der Waals surface area contributed by atoms with Crippen molar-refractivity contribution in [1.29, 1.82) is 0 Å². The van der Waals surface area contributed by atoms with Gasteiger partial charge in [0.2, 0.25) is 5.91 Å². The molecule has 7 heteroatoms. The van der Waals surface area contributed by atoms with Gasteiger partial charge in [0.05, 0.1) is 12.6 Å². The summed E-state index contributed by atoms with van der Waals surface area (Å²) < 4.78 is 5.04. The molecule has 28 heavy (non-hydrogen) atoms. The lowest BCUT2D eigenvalue weighted by atomic mass is 9.99. The second-order valence-electron chi connectivity index (χ2n) is 6.67. The average Bonchev–Trinajstić information content (AvgIpc) is 2.96. The molecule has 0 bridgehead atoms. The highest BCUT2D eigenvalue weighted by molar-refractivity contribution is 6.06. The molecule has 1 atom stereocenters. The molecule has 0 aromatic carbocycles. The average molecular weight is 385 g/mol. The first kappa shape index (κ1) is 21.3. The molecule has 0 fully saturated rings. The number of Topliss-reactive ketones (excluding diaryl/α,β-unsaturated/α-hetero) is 1. The lowest BCUT2D eigenvalue weighted by Gasteiger charge is -2.27. The third-order valence-electron chi connectivity index (χ3n) is 4.75. The Hall–Kier alpha value is -2.96. The molecule has 1 N–H and O–H groups in total. The molecule has 0 unspecified atom stereocenters. The van der Waals surface area contributed by atoms with E-state index in [1.165, 1.54) is 11.8 Å². The number of pyridine rings is 1. The summed E-state index contributed by atoms with van der Waals surface area (Å²) in [5.41, 5.74) is 2.69. The molecule has 2 aromatic heterocycles. The van der Waals surface area contributed by atoms with Gasteiger partial charge in [-0.25, -0.2) is 4.79 Å². The minimum atomic E-state index is -0.663. The zero-order valence-corrected chi connectivity index (χ0v) is 17.0. The van der Waals surface area contributed by atoms with Crippen molar-refractivity contribution >= 4 is 17.7 Å². The van der Waals surface area contributed by atoms with Gasteiger partial charge in [-0.15, -0.1) is 0 Å². The van der Waals surface area contributed by atoms with Gasteiger partial charge in [0.25, 0.3) is 0 Å². The van der Waals surface area contributed by atoms with E-state index < -0.39 is 12.0 Å². The SMILES string of the molecule is CCOC(=O)c1[nH]c(C)c(C(=O)[C@@H](C)N(CCc2ccccn2)C(C)=O)c1C. The topological polar surface area (TPSA) is 92.4 Å². The molecular weight excluding hydrogens is 358 g/mol. The van der Waals surface area contributed by atoms with Gasteiger partial charge < -0.3 is 14.6 Å². The van der Waals surface area contributed by atoms with Crippen LogP contribution in [0.4, 0.5) is 0 Å². The van der Waals surface area contributed by atoms with Crippen LogP contribution in [-0.4, -0.2) is 51.7 Å². The molecular formula is C21H27N3O4. The standard InChI is InChI=1S/C21H27N3O4/c1-6-28-21(27)19-13(2)18(14(3)23-19)20(26)15(4)24(16(5)25)12-10-17-9-7-8-11-22-17/h7-9,11,15,23H,6,10,12H2,1-5H3/t15-/m1/s1. The number of nitrogens with one attached hydrogen (secondary N) is 1. The fourth-order valence-electron chi connectivity index (χ4n) is 3.28. The van der Waals surface area contributed by atoms with Crippen molar-refractivity contribution in [2.75, 3.05) is 13.2 Å². The van der Waals surface area contributed by atoms with Crippen molar-refractivity contribution in [3.63, 3.8) is 0 Å². The second kappa shape index (κ2) is 9.30. The summed E-state index contributed by atoms with van der Waals surface area (Å²) in [6.45, 7) is 8.96. The van der Waals surface area contributed by atoms with Crippen LogP contribution in [0.2, 0.25) is 0 Å². The predicted molar refractivity (Wildman–Crippen MR) is 105 cm³/mol. The van der Waals surface area contributed by atoms with Gasteiger partial charge >= 0.3 is 5.97 Å². The number of ketones is 1. The molecule has 7 nitrogen and oxygen atoms in total. The van der Waals surface area contributed by atoms with Gasteiger partial charge in [-0.2, -0.15) is 0 Å². The maximum absolute atomic E-state index is 13.2. The molecule has 2 heterocycles. The van der Waals surface area contributed by atoms with E-state index in [9.17, 15) is 14.4 Å². The van der Waals surface area contributed by atoms with Crippen LogP contribution in [0.1, 0.15) is 58.6 Å². The minimum absolute atomic E-state index is 0.187. The van der Waals surface area contributed by atoms with E-state index in [0.29, 0.717) is 29.8 Å². The van der Waals surface area contributed by atoms with E-state index in [0.717, 1.165) is 5.69 Å². The Morgan fingerprint density at radius 1 is 1.25 bits per heavy atom. The maximum Gasteiger partial charge on any atom is 0.355 e. The van der Waals surface area contributed by atoms with Crippen LogP contribution in [0, 0.1) is 13.8 Å². The van der Waals surface area contributed by atoms with Gasteiger partial charge in [-0.05, 0) is 45.4 Å². The number of ether oxygens (including phenoxy) is 1. The Balaban J connectivity index is 2.23. The Morgan fingerprint density at radius 2 is 1.96 bits per heavy atom. The minimum Gasteiger partial charge on any atom is -0.461 e. The molecule has 0 radical (unpaired) electrons. The molecule has 0 aliphatic rings. The molecule has 0 aliphatic heterocycles. The summed E-state index contributed by atoms with van der Waals surface area (Å²) in [6, 6.07) is 4.94. The number of carbonyl (C=O) groups excluding carboxylic acids is 3. The lowest BCUT2D eigenvalue weighted by Crippen LogP contribution is -2.43. The number of aromatic amines is 1. The Kier molecular flexibility index (Phi) is 7.09. The van der Waals surface area contributed by atoms with Crippen LogP contribution < -0.4 is 0 Å². The first-order chi connectivity index (χ1) is 13.3. The highest BCUT2D eigenvalue weighted by atomic mass is 16.5. The number of amides is 1. The van der Waals surface area contributed by atoms with Gasteiger partial charge in [-0.1, -0.05) is 6.07 Å². The molecule has 0 aliphatic carbocycles. The van der Waals surface area contributed by atoms with E-state index in [4.69, 9.17) is 4.74 Å². The molecule has 150 valence electrons. The molecule has 0 saturated heterocycles. The predicted octanol–water partition coefficient (Wildman–Crippen LogP) is 2.87. The van der Waals surface area contributed by atoms with E-state index in [1.807, 2.05) is 18.2 Å². The fraction of sp³-hybridized carbons (Fsp3) is 0.429. The molecule has 2 rings (SSSR count). The first-order valence-corrected chi connectivity index (χ1v) is 9.35. The molecule has 1 amide bonds. The summed E-state index contributed by atoms with van der Waals surface area (Å²) in [5, 5.41) is 0. The zero-order chi connectivity index (χ0) is 20.8. The van der Waals surface area contributed by atoms with Gasteiger partial charge in [0, 0.05) is 43.0 Å². The monoisotopic (exact) mass is 385 g/mol. The molecule has 0 saturated carbocycles. The molecule has 2 aromatic rings. The third-order valence-corrected chi connectivity index (χ3v) is 4.75. The number of aromatic nitrogens is 2. The van der Waals surface area contributed by atoms with E-state index in [1.54, 1.807) is 33.9 Å². The van der Waals surface area contributed by atoms with Crippen molar-refractivity contribution in [2.24, 2.45) is 0 Å². The van der Waals surface area contributed by atoms with Crippen LogP contribution in [0.15, 0.2) is 24.4 Å². The number of esters is 1. The number of rotatable bonds is 8. The maximum atomic E-state index is 13.2. The van der Waals surface area contributed by atoms with Crippen LogP contribution in [0.5, 0.6) is 0 Å². The van der Waals surface area contributed by atoms with Crippen LogP contribution in [0.3, 0.4) is 0 Å². The van der Waals surface area contributed by atoms with Crippen molar-refractivity contribution in [1.82, 2.24) is 14.9 Å². The van der Waals surface area contributed by atoms with Crippen LogP contribution in [-0.2, 0) is 16.0 Å². The third kappa shape index (κ3) is 4.65. The fourth-order valence-corrected chi connectivity index (χ4v) is 3.28. The van der Waals surface area contributed by atoms with E-state index >= 15 is 0 Å². The van der Waals surface area contributed by atoms with Crippen molar-refractivity contribution in [3.8, 4) is 0 Å². The Bertz CT molecular complexity index is 858. The number of H-pyrrole nitrogens is 1. The lowest BCUT2D eigenvalue weighted by molar-refractivity contribution is -0.130. The second-order valence-corrected chi connectivity index (χ2v) is 6.67. The summed E-state index contributed by atoms with van der Waals surface area (Å²) in [6.07, 6.45) is 2.25. The van der Waals surface area contributed by atoms with Crippen molar-refractivity contribution in [3.05, 3.63) is 52.6 Å². The van der Waals surface area contributed by atoms with Gasteiger partial charge in [0.15, 0.2) is 5.78 Å². The Labute approximate surface area is 165 Å². The zero-order valence-electron chi connectivity index (χ0n) is 17.0. The van der Waals surface area contributed by atoms with Gasteiger partial charge in [-0.3, -0.25) is 14.6 Å². The normalized spacial score (nSPS) is 11.8. The van der Waals surface area contributed by atoms with Crippen LogP contribution in [0.25, 0.3) is 0 Å². The molecule has 0 spiro atoms. The van der Waals surface area contributed by atoms with E-state index in [-0.39, 0.29) is 24.0 Å². The van der Waals surface area contributed by atoms with Crippen molar-refractivity contribution in [2.45, 2.75) is 47.1 Å². The van der Waals surface area contributed by atoms with E-state index in [2.05, 4.69) is 9.97 Å². The summed E-state index contributed by atoms with van der Waals surface area (Å²) in [5.74, 6) is -0.889. The number of carbonyl (C=O) groups is 3. The summed E-state index contributed by atoms with van der Waals surface area (Å²) >= 11 is 0. The number of hydrogen-bond acceptors (Lipinski definition) is 5. The van der Waals surface area contributed by atoms with Gasteiger partial charge in [0.1, 0.15) is 5.69 Å². The number of aryl methyl sites for hydroxylation is 1. The first-order valence-electron chi connectivity index (χ1n) is 9.35. The highest BCUT2D eigenvalue weighted by Gasteiger charge is 2.30. The van der Waals surface area contributed by atoms with Crippen molar-refractivity contribution < 1.29 is 19.1 Å². The largest absolute Gasteiger partial charge is 0.461 e. The van der Waals surface area contributed by atoms with Crippen LogP contribution >= 0.6 is 0 Å².